The molecule has 1 aromatic rings. The van der Waals surface area contributed by atoms with Crippen LogP contribution in [0.4, 0.5) is 0 Å². The Kier molecular flexibility index (Phi) is 4.04. The standard InChI is InChI=1S/C13H20N2O3/c1-9-7-15(6-5-11(9)14)8-10-3-4-12(18-10)13(16)17-2/h3-4,9,11H,5-8,14H2,1-2H3. The highest BCUT2D eigenvalue weighted by Gasteiger charge is 2.24. The van der Waals surface area contributed by atoms with Crippen LogP contribution in [0.15, 0.2) is 16.5 Å². The van der Waals surface area contributed by atoms with Gasteiger partial charge < -0.3 is 14.9 Å². The van der Waals surface area contributed by atoms with Crippen molar-refractivity contribution < 1.29 is 13.9 Å². The third kappa shape index (κ3) is 2.91. The largest absolute Gasteiger partial charge is 0.463 e. The molecule has 2 N–H and O–H groups in total. The highest BCUT2D eigenvalue weighted by Crippen LogP contribution is 2.18. The number of methoxy groups -OCH3 is 1. The second-order valence-electron chi connectivity index (χ2n) is 4.92. The van der Waals surface area contributed by atoms with Crippen LogP contribution >= 0.6 is 0 Å². The van der Waals surface area contributed by atoms with Crippen molar-refractivity contribution in [2.45, 2.75) is 25.9 Å². The predicted octanol–water partition coefficient (Wildman–Crippen LogP) is 1.24. The topological polar surface area (TPSA) is 68.7 Å². The average Bonchev–Trinajstić information content (AvgIpc) is 2.81. The fourth-order valence-electron chi connectivity index (χ4n) is 2.29. The van der Waals surface area contributed by atoms with Gasteiger partial charge in [-0.25, -0.2) is 4.79 Å². The molecule has 0 radical (unpaired) electrons. The van der Waals surface area contributed by atoms with Crippen molar-refractivity contribution in [2.24, 2.45) is 11.7 Å². The van der Waals surface area contributed by atoms with Crippen LogP contribution < -0.4 is 5.73 Å². The maximum atomic E-state index is 11.3. The van der Waals surface area contributed by atoms with E-state index in [4.69, 9.17) is 10.2 Å². The Bertz CT molecular complexity index is 416. The summed E-state index contributed by atoms with van der Waals surface area (Å²) in [5, 5.41) is 0. The predicted molar refractivity (Wildman–Crippen MR) is 67.1 cm³/mol. The fraction of sp³-hybridized carbons (Fsp3) is 0.615. The van der Waals surface area contributed by atoms with Gasteiger partial charge in [0.1, 0.15) is 5.76 Å². The quantitative estimate of drug-likeness (QED) is 0.820. The summed E-state index contributed by atoms with van der Waals surface area (Å²) in [7, 11) is 1.35. The monoisotopic (exact) mass is 252 g/mol. The molecule has 0 aromatic carbocycles. The minimum atomic E-state index is -0.435. The minimum Gasteiger partial charge on any atom is -0.463 e. The van der Waals surface area contributed by atoms with Crippen molar-refractivity contribution in [1.29, 1.82) is 0 Å². The molecule has 2 unspecified atom stereocenters. The molecule has 2 rings (SSSR count). The van der Waals surface area contributed by atoms with Crippen molar-refractivity contribution in [3.8, 4) is 0 Å². The van der Waals surface area contributed by atoms with Crippen molar-refractivity contribution >= 4 is 5.97 Å². The van der Waals surface area contributed by atoms with Crippen LogP contribution in [0.1, 0.15) is 29.7 Å². The number of carbonyl (C=O) groups is 1. The summed E-state index contributed by atoms with van der Waals surface area (Å²) in [6, 6.07) is 3.77. The van der Waals surface area contributed by atoms with Gasteiger partial charge in [0.15, 0.2) is 0 Å². The third-order valence-electron chi connectivity index (χ3n) is 3.48. The normalized spacial score (nSPS) is 25.1. The molecule has 0 spiro atoms. The maximum absolute atomic E-state index is 11.3. The number of furan rings is 1. The van der Waals surface area contributed by atoms with Crippen LogP contribution in [0, 0.1) is 5.92 Å². The Morgan fingerprint density at radius 1 is 1.61 bits per heavy atom. The number of carbonyl (C=O) groups excluding carboxylic acids is 1. The lowest BCUT2D eigenvalue weighted by Crippen LogP contribution is -2.45. The lowest BCUT2D eigenvalue weighted by atomic mass is 9.95. The lowest BCUT2D eigenvalue weighted by Gasteiger charge is -2.34. The maximum Gasteiger partial charge on any atom is 0.373 e. The van der Waals surface area contributed by atoms with E-state index in [0.717, 1.165) is 25.3 Å². The van der Waals surface area contributed by atoms with Crippen molar-refractivity contribution in [3.63, 3.8) is 0 Å². The van der Waals surface area contributed by atoms with Crippen LogP contribution in [0.2, 0.25) is 0 Å². The van der Waals surface area contributed by atoms with E-state index in [1.54, 1.807) is 6.07 Å². The van der Waals surface area contributed by atoms with Gasteiger partial charge in [0, 0.05) is 19.1 Å². The number of ether oxygens (including phenoxy) is 1. The summed E-state index contributed by atoms with van der Waals surface area (Å²) in [4.78, 5) is 13.6. The van der Waals surface area contributed by atoms with Gasteiger partial charge in [-0.15, -0.1) is 0 Å². The molecule has 5 nitrogen and oxygen atoms in total. The zero-order chi connectivity index (χ0) is 13.1. The number of piperidine rings is 1. The number of nitrogens with two attached hydrogens (primary N) is 1. The fourth-order valence-corrected chi connectivity index (χ4v) is 2.29. The first-order chi connectivity index (χ1) is 8.60. The van der Waals surface area contributed by atoms with E-state index in [1.807, 2.05) is 6.07 Å². The van der Waals surface area contributed by atoms with Crippen LogP contribution in [0.25, 0.3) is 0 Å². The summed E-state index contributed by atoms with van der Waals surface area (Å²) < 4.78 is 10.1. The SMILES string of the molecule is COC(=O)c1ccc(CN2CCC(N)C(C)C2)o1. The zero-order valence-electron chi connectivity index (χ0n) is 10.9. The molecule has 0 saturated carbocycles. The number of hydrogen-bond acceptors (Lipinski definition) is 5. The Morgan fingerprint density at radius 3 is 3.06 bits per heavy atom. The van der Waals surface area contributed by atoms with Gasteiger partial charge in [-0.1, -0.05) is 6.92 Å². The molecule has 0 aliphatic carbocycles. The van der Waals surface area contributed by atoms with Crippen LogP contribution in [0.3, 0.4) is 0 Å². The second-order valence-corrected chi connectivity index (χ2v) is 4.92. The van der Waals surface area contributed by atoms with E-state index in [1.165, 1.54) is 7.11 Å². The van der Waals surface area contributed by atoms with Crippen LogP contribution in [-0.2, 0) is 11.3 Å². The molecule has 1 aliphatic heterocycles. The second kappa shape index (κ2) is 5.54. The van der Waals surface area contributed by atoms with E-state index in [9.17, 15) is 4.79 Å². The van der Waals surface area contributed by atoms with E-state index in [0.29, 0.717) is 18.5 Å². The lowest BCUT2D eigenvalue weighted by molar-refractivity contribution is 0.0559. The van der Waals surface area contributed by atoms with Crippen LogP contribution in [-0.4, -0.2) is 37.1 Å². The van der Waals surface area contributed by atoms with Crippen molar-refractivity contribution in [1.82, 2.24) is 4.90 Å². The number of hydrogen-bond donors (Lipinski definition) is 1. The van der Waals surface area contributed by atoms with E-state index in [2.05, 4.69) is 16.6 Å². The van der Waals surface area contributed by atoms with Crippen molar-refractivity contribution in [3.05, 3.63) is 23.7 Å². The first kappa shape index (κ1) is 13.1. The molecule has 0 amide bonds. The molecule has 5 heteroatoms. The molecule has 1 saturated heterocycles. The van der Waals surface area contributed by atoms with E-state index < -0.39 is 5.97 Å². The average molecular weight is 252 g/mol. The molecule has 100 valence electrons. The Labute approximate surface area is 107 Å². The zero-order valence-corrected chi connectivity index (χ0v) is 10.9. The molecular weight excluding hydrogens is 232 g/mol. The van der Waals surface area contributed by atoms with E-state index >= 15 is 0 Å². The molecule has 2 heterocycles. The van der Waals surface area contributed by atoms with Gasteiger partial charge in [0.05, 0.1) is 13.7 Å². The molecule has 1 aliphatic rings. The van der Waals surface area contributed by atoms with Gasteiger partial charge in [-0.05, 0) is 24.5 Å². The Balaban J connectivity index is 1.93. The van der Waals surface area contributed by atoms with Crippen LogP contribution in [0.5, 0.6) is 0 Å². The van der Waals surface area contributed by atoms with E-state index in [-0.39, 0.29) is 5.76 Å². The summed E-state index contributed by atoms with van der Waals surface area (Å²) in [6.07, 6.45) is 1.01. The molecular formula is C13H20N2O3. The first-order valence-corrected chi connectivity index (χ1v) is 6.25. The number of esters is 1. The summed E-state index contributed by atoms with van der Waals surface area (Å²) in [6.45, 7) is 4.82. The smallest absolute Gasteiger partial charge is 0.373 e. The first-order valence-electron chi connectivity index (χ1n) is 6.25. The minimum absolute atomic E-state index is 0.259. The van der Waals surface area contributed by atoms with Gasteiger partial charge in [-0.3, -0.25) is 4.90 Å². The summed E-state index contributed by atoms with van der Waals surface area (Å²) in [5.41, 5.74) is 5.98. The number of likely N-dealkylation sites (tertiary alicyclic amines) is 1. The van der Waals surface area contributed by atoms with Gasteiger partial charge in [0.25, 0.3) is 0 Å². The molecule has 2 atom stereocenters. The molecule has 1 aromatic heterocycles. The molecule has 1 fully saturated rings. The summed E-state index contributed by atoms with van der Waals surface area (Å²) >= 11 is 0. The van der Waals surface area contributed by atoms with Crippen molar-refractivity contribution in [2.75, 3.05) is 20.2 Å². The Hall–Kier alpha value is -1.33. The number of nitrogens with zero attached hydrogens (tertiary/aromatic N) is 1. The Morgan fingerprint density at radius 2 is 2.39 bits per heavy atom. The highest BCUT2D eigenvalue weighted by molar-refractivity contribution is 5.86. The van der Waals surface area contributed by atoms with Gasteiger partial charge in [-0.2, -0.15) is 0 Å². The third-order valence-corrected chi connectivity index (χ3v) is 3.48. The summed E-state index contributed by atoms with van der Waals surface area (Å²) in [5.74, 6) is 1.11. The number of rotatable bonds is 3. The molecule has 0 bridgehead atoms. The highest BCUT2D eigenvalue weighted by atomic mass is 16.5. The van der Waals surface area contributed by atoms with Gasteiger partial charge in [0.2, 0.25) is 5.76 Å². The van der Waals surface area contributed by atoms with Gasteiger partial charge >= 0.3 is 5.97 Å². The molecule has 18 heavy (non-hydrogen) atoms.